The molecule has 108 valence electrons. The first-order chi connectivity index (χ1) is 9.41. The van der Waals surface area contributed by atoms with Gasteiger partial charge in [-0.05, 0) is 35.9 Å². The van der Waals surface area contributed by atoms with Crippen molar-refractivity contribution in [3.63, 3.8) is 0 Å². The number of hydrazine groups is 1. The van der Waals surface area contributed by atoms with Crippen molar-refractivity contribution in [3.05, 3.63) is 59.3 Å². The summed E-state index contributed by atoms with van der Waals surface area (Å²) in [5.74, 6) is 4.99. The van der Waals surface area contributed by atoms with Gasteiger partial charge in [0.15, 0.2) is 0 Å². The van der Waals surface area contributed by atoms with Crippen molar-refractivity contribution in [1.29, 1.82) is 0 Å². The smallest absolute Gasteiger partial charge is 0.416 e. The first kappa shape index (κ1) is 14.5. The molecule has 2 aromatic rings. The van der Waals surface area contributed by atoms with E-state index in [1.54, 1.807) is 12.1 Å². The van der Waals surface area contributed by atoms with E-state index in [4.69, 9.17) is 10.3 Å². The number of benzene rings is 1. The molecule has 1 atom stereocenters. The van der Waals surface area contributed by atoms with Crippen LogP contribution in [0, 0.1) is 5.82 Å². The van der Waals surface area contributed by atoms with E-state index in [0.29, 0.717) is 11.8 Å². The molecule has 1 heterocycles. The van der Waals surface area contributed by atoms with Crippen molar-refractivity contribution >= 4 is 0 Å². The van der Waals surface area contributed by atoms with E-state index < -0.39 is 23.6 Å². The van der Waals surface area contributed by atoms with Crippen LogP contribution in [0.4, 0.5) is 17.6 Å². The Labute approximate surface area is 112 Å². The largest absolute Gasteiger partial charge is 0.469 e. The van der Waals surface area contributed by atoms with Gasteiger partial charge in [0.1, 0.15) is 11.6 Å². The van der Waals surface area contributed by atoms with Crippen LogP contribution in [0.5, 0.6) is 0 Å². The Morgan fingerprint density at radius 3 is 2.55 bits per heavy atom. The molecular weight excluding hydrogens is 276 g/mol. The number of nitrogens with one attached hydrogen (secondary N) is 1. The van der Waals surface area contributed by atoms with Crippen molar-refractivity contribution in [1.82, 2.24) is 5.43 Å². The fourth-order valence-electron chi connectivity index (χ4n) is 1.97. The lowest BCUT2D eigenvalue weighted by Crippen LogP contribution is -2.31. The highest BCUT2D eigenvalue weighted by molar-refractivity contribution is 5.33. The van der Waals surface area contributed by atoms with E-state index >= 15 is 0 Å². The van der Waals surface area contributed by atoms with E-state index in [2.05, 4.69) is 5.43 Å². The summed E-state index contributed by atoms with van der Waals surface area (Å²) in [5, 5.41) is 0. The molecule has 20 heavy (non-hydrogen) atoms. The topological polar surface area (TPSA) is 51.2 Å². The van der Waals surface area contributed by atoms with Crippen LogP contribution in [0.3, 0.4) is 0 Å². The van der Waals surface area contributed by atoms with E-state index in [1.165, 1.54) is 6.26 Å². The molecule has 0 spiro atoms. The van der Waals surface area contributed by atoms with Crippen LogP contribution >= 0.6 is 0 Å². The van der Waals surface area contributed by atoms with Crippen LogP contribution in [0.25, 0.3) is 0 Å². The van der Waals surface area contributed by atoms with Crippen LogP contribution in [-0.2, 0) is 12.6 Å². The number of rotatable bonds is 4. The van der Waals surface area contributed by atoms with Crippen molar-refractivity contribution in [2.45, 2.75) is 18.6 Å². The Balaban J connectivity index is 2.40. The number of halogens is 4. The van der Waals surface area contributed by atoms with E-state index in [-0.39, 0.29) is 12.0 Å². The van der Waals surface area contributed by atoms with Gasteiger partial charge < -0.3 is 4.42 Å². The second kappa shape index (κ2) is 5.64. The molecule has 0 radical (unpaired) electrons. The molecule has 0 bridgehead atoms. The van der Waals surface area contributed by atoms with E-state index in [1.807, 2.05) is 0 Å². The number of nitrogens with two attached hydrogens (primary N) is 1. The molecule has 1 unspecified atom stereocenters. The molecule has 3 nitrogen and oxygen atoms in total. The van der Waals surface area contributed by atoms with Gasteiger partial charge in [0.2, 0.25) is 0 Å². The number of hydrogen-bond donors (Lipinski definition) is 2. The lowest BCUT2D eigenvalue weighted by atomic mass is 9.97. The predicted octanol–water partition coefficient (Wildman–Crippen LogP) is 3.18. The minimum absolute atomic E-state index is 0.0794. The van der Waals surface area contributed by atoms with Gasteiger partial charge in [-0.3, -0.25) is 11.3 Å². The van der Waals surface area contributed by atoms with Crippen LogP contribution in [0.15, 0.2) is 41.0 Å². The first-order valence-corrected chi connectivity index (χ1v) is 5.77. The van der Waals surface area contributed by atoms with Gasteiger partial charge in [-0.1, -0.05) is 0 Å². The van der Waals surface area contributed by atoms with Gasteiger partial charge in [0.05, 0.1) is 17.9 Å². The molecule has 3 N–H and O–H groups in total. The van der Waals surface area contributed by atoms with Gasteiger partial charge in [-0.2, -0.15) is 13.2 Å². The summed E-state index contributed by atoms with van der Waals surface area (Å²) in [7, 11) is 0. The average molecular weight is 288 g/mol. The molecule has 2 rings (SSSR count). The van der Waals surface area contributed by atoms with E-state index in [9.17, 15) is 17.6 Å². The highest BCUT2D eigenvalue weighted by atomic mass is 19.4. The monoisotopic (exact) mass is 288 g/mol. The third-order valence-corrected chi connectivity index (χ3v) is 2.88. The minimum Gasteiger partial charge on any atom is -0.469 e. The Bertz CT molecular complexity index is 566. The van der Waals surface area contributed by atoms with E-state index in [0.717, 1.165) is 12.1 Å². The van der Waals surface area contributed by atoms with Crippen molar-refractivity contribution < 1.29 is 22.0 Å². The molecule has 0 fully saturated rings. The summed E-state index contributed by atoms with van der Waals surface area (Å²) in [6.07, 6.45) is -3.10. The minimum atomic E-state index is -4.58. The third kappa shape index (κ3) is 3.17. The Morgan fingerprint density at radius 1 is 1.25 bits per heavy atom. The maximum Gasteiger partial charge on any atom is 0.416 e. The molecular formula is C13H12F4N2O. The molecule has 0 amide bonds. The summed E-state index contributed by atoms with van der Waals surface area (Å²) >= 11 is 0. The van der Waals surface area contributed by atoms with Gasteiger partial charge >= 0.3 is 6.18 Å². The van der Waals surface area contributed by atoms with Gasteiger partial charge in [0, 0.05) is 6.42 Å². The summed E-state index contributed by atoms with van der Waals surface area (Å²) in [6.45, 7) is 0. The molecule has 0 aliphatic heterocycles. The normalized spacial score (nSPS) is 13.4. The second-order valence-electron chi connectivity index (χ2n) is 4.23. The van der Waals surface area contributed by atoms with Crippen molar-refractivity contribution in [2.24, 2.45) is 5.84 Å². The number of hydrogen-bond acceptors (Lipinski definition) is 3. The van der Waals surface area contributed by atoms with Gasteiger partial charge in [-0.25, -0.2) is 4.39 Å². The second-order valence-corrected chi connectivity index (χ2v) is 4.23. The fourth-order valence-corrected chi connectivity index (χ4v) is 1.97. The van der Waals surface area contributed by atoms with Gasteiger partial charge in [-0.15, -0.1) is 0 Å². The maximum absolute atomic E-state index is 13.3. The summed E-state index contributed by atoms with van der Waals surface area (Å²) in [5.41, 5.74) is 1.09. The zero-order chi connectivity index (χ0) is 14.8. The lowest BCUT2D eigenvalue weighted by Gasteiger charge is -2.20. The molecule has 0 aliphatic rings. The van der Waals surface area contributed by atoms with Gasteiger partial charge in [0.25, 0.3) is 0 Å². The summed E-state index contributed by atoms with van der Waals surface area (Å²) < 4.78 is 57.1. The summed E-state index contributed by atoms with van der Waals surface area (Å²) in [4.78, 5) is 0. The molecule has 7 heteroatoms. The number of furan rings is 1. The quantitative estimate of drug-likeness (QED) is 0.516. The van der Waals surface area contributed by atoms with Crippen LogP contribution in [-0.4, -0.2) is 0 Å². The lowest BCUT2D eigenvalue weighted by molar-refractivity contribution is -0.138. The SMILES string of the molecule is NNC(Cc1ccco1)c1cc(F)ccc1C(F)(F)F. The fraction of sp³-hybridized carbons (Fsp3) is 0.231. The maximum atomic E-state index is 13.3. The highest BCUT2D eigenvalue weighted by Crippen LogP contribution is 2.35. The molecule has 1 aromatic heterocycles. The third-order valence-electron chi connectivity index (χ3n) is 2.88. The van der Waals surface area contributed by atoms with Crippen LogP contribution in [0.2, 0.25) is 0 Å². The molecule has 0 saturated heterocycles. The Morgan fingerprint density at radius 2 is 2.00 bits per heavy atom. The molecule has 0 aliphatic carbocycles. The predicted molar refractivity (Wildman–Crippen MR) is 63.9 cm³/mol. The zero-order valence-corrected chi connectivity index (χ0v) is 10.2. The molecule has 1 aromatic carbocycles. The highest BCUT2D eigenvalue weighted by Gasteiger charge is 2.35. The van der Waals surface area contributed by atoms with Crippen LogP contribution < -0.4 is 11.3 Å². The average Bonchev–Trinajstić information content (AvgIpc) is 2.87. The Kier molecular flexibility index (Phi) is 4.10. The zero-order valence-electron chi connectivity index (χ0n) is 10.2. The molecule has 0 saturated carbocycles. The van der Waals surface area contributed by atoms with Crippen molar-refractivity contribution in [2.75, 3.05) is 0 Å². The number of alkyl halides is 3. The first-order valence-electron chi connectivity index (χ1n) is 5.77. The van der Waals surface area contributed by atoms with Crippen LogP contribution in [0.1, 0.15) is 22.9 Å². The van der Waals surface area contributed by atoms with Crippen molar-refractivity contribution in [3.8, 4) is 0 Å². The standard InChI is InChI=1S/C13H12F4N2O/c14-8-3-4-11(13(15,16)17)10(6-8)12(19-18)7-9-2-1-5-20-9/h1-6,12,19H,7,18H2. The Hall–Kier alpha value is -1.86. The summed E-state index contributed by atoms with van der Waals surface area (Å²) in [6, 6.07) is 4.62.